The predicted molar refractivity (Wildman–Crippen MR) is 93.4 cm³/mol. The molecule has 2 aromatic rings. The molecule has 138 valence electrons. The fourth-order valence-electron chi connectivity index (χ4n) is 2.70. The molecule has 0 aliphatic carbocycles. The summed E-state index contributed by atoms with van der Waals surface area (Å²) in [5.41, 5.74) is 0.827. The predicted octanol–water partition coefficient (Wildman–Crippen LogP) is 1.28. The molecule has 0 atom stereocenters. The summed E-state index contributed by atoms with van der Waals surface area (Å²) in [5.74, 6) is -1.66. The molecular weight excluding hydrogens is 363 g/mol. The summed E-state index contributed by atoms with van der Waals surface area (Å²) >= 11 is 0. The van der Waals surface area contributed by atoms with E-state index in [4.69, 9.17) is 0 Å². The number of hydrogen-bond acceptors (Lipinski definition) is 6. The number of amides is 1. The number of aromatic hydroxyl groups is 1. The van der Waals surface area contributed by atoms with Gasteiger partial charge in [-0.2, -0.15) is 8.42 Å². The van der Waals surface area contributed by atoms with E-state index in [1.54, 1.807) is 10.9 Å². The Labute approximate surface area is 149 Å². The third-order valence-corrected chi connectivity index (χ3v) is 5.28. The molecule has 8 nitrogen and oxygen atoms in total. The molecule has 10 heteroatoms. The van der Waals surface area contributed by atoms with Gasteiger partial charge in [0.25, 0.3) is 5.91 Å². The molecule has 1 fully saturated rings. The topological polar surface area (TPSA) is 112 Å². The number of aryl methyl sites for hydroxylation is 1. The van der Waals surface area contributed by atoms with Gasteiger partial charge in [0.1, 0.15) is 23.8 Å². The Morgan fingerprint density at radius 1 is 1.42 bits per heavy atom. The Bertz CT molecular complexity index is 941. The zero-order valence-electron chi connectivity index (χ0n) is 13.9. The first kappa shape index (κ1) is 17.9. The maximum absolute atomic E-state index is 14.5. The van der Waals surface area contributed by atoms with Gasteiger partial charge >= 0.3 is 10.2 Å². The van der Waals surface area contributed by atoms with E-state index in [1.165, 1.54) is 6.07 Å². The summed E-state index contributed by atoms with van der Waals surface area (Å²) in [7, 11) is -4.20. The van der Waals surface area contributed by atoms with Crippen LogP contribution in [0.5, 0.6) is 5.75 Å². The van der Waals surface area contributed by atoms with Crippen LogP contribution in [0.2, 0.25) is 0 Å². The Kier molecular flexibility index (Phi) is 4.68. The number of carbonyl (C=O) groups excluding carboxylic acids is 1. The van der Waals surface area contributed by atoms with Crippen LogP contribution in [0.25, 0.3) is 0 Å². The van der Waals surface area contributed by atoms with Crippen LogP contribution < -0.4 is 14.3 Å². The van der Waals surface area contributed by atoms with Gasteiger partial charge in [-0.3, -0.25) is 4.79 Å². The van der Waals surface area contributed by atoms with E-state index in [2.05, 4.69) is 10.3 Å². The van der Waals surface area contributed by atoms with Gasteiger partial charge in [-0.15, -0.1) is 0 Å². The molecule has 1 saturated heterocycles. The number of halogens is 1. The molecule has 3 rings (SSSR count). The molecule has 3 N–H and O–H groups in total. The van der Waals surface area contributed by atoms with E-state index in [-0.39, 0.29) is 6.54 Å². The van der Waals surface area contributed by atoms with Crippen LogP contribution in [-0.4, -0.2) is 31.0 Å². The molecule has 1 aromatic heterocycles. The van der Waals surface area contributed by atoms with E-state index in [9.17, 15) is 22.7 Å². The number of carbonyl (C=O) groups is 1. The Morgan fingerprint density at radius 3 is 2.81 bits per heavy atom. The number of phenols is 1. The number of aromatic nitrogens is 1. The maximum Gasteiger partial charge on any atom is 0.326 e. The lowest BCUT2D eigenvalue weighted by atomic mass is 10.1. The average molecular weight is 380 g/mol. The highest BCUT2D eigenvalue weighted by Gasteiger charge is 2.37. The van der Waals surface area contributed by atoms with E-state index in [0.29, 0.717) is 15.7 Å². The molecule has 1 amide bonds. The number of nitrogens with one attached hydrogen (secondary N) is 2. The molecule has 0 radical (unpaired) electrons. The molecule has 1 aliphatic heterocycles. The normalized spacial score (nSPS) is 15.8. The fraction of sp³-hybridized carbons (Fsp3) is 0.250. The summed E-state index contributed by atoms with van der Waals surface area (Å²) in [4.78, 5) is 15.5. The van der Waals surface area contributed by atoms with Gasteiger partial charge in [-0.1, -0.05) is 13.0 Å². The summed E-state index contributed by atoms with van der Waals surface area (Å²) < 4.78 is 40.4. The lowest BCUT2D eigenvalue weighted by Crippen LogP contribution is -2.30. The number of nitrogens with zero attached hydrogens (tertiary/aromatic N) is 2. The molecule has 1 aromatic carbocycles. The highest BCUT2D eigenvalue weighted by Crippen LogP contribution is 2.34. The molecule has 26 heavy (non-hydrogen) atoms. The fourth-order valence-corrected chi connectivity index (χ4v) is 3.87. The van der Waals surface area contributed by atoms with Crippen molar-refractivity contribution in [3.8, 4) is 5.75 Å². The van der Waals surface area contributed by atoms with Crippen LogP contribution in [0.1, 0.15) is 18.1 Å². The van der Waals surface area contributed by atoms with Gasteiger partial charge in [0, 0.05) is 12.7 Å². The van der Waals surface area contributed by atoms with Crippen molar-refractivity contribution in [2.45, 2.75) is 19.9 Å². The van der Waals surface area contributed by atoms with Crippen molar-refractivity contribution < 1.29 is 22.7 Å². The van der Waals surface area contributed by atoms with Gasteiger partial charge < -0.3 is 10.4 Å². The van der Waals surface area contributed by atoms with E-state index in [1.807, 2.05) is 19.1 Å². The van der Waals surface area contributed by atoms with Gasteiger partial charge in [0.05, 0.1) is 0 Å². The Hall–Kier alpha value is -2.88. The summed E-state index contributed by atoms with van der Waals surface area (Å²) in [5, 5.41) is 13.2. The minimum Gasteiger partial charge on any atom is -0.506 e. The van der Waals surface area contributed by atoms with Crippen LogP contribution in [0.15, 0.2) is 30.5 Å². The zero-order chi connectivity index (χ0) is 18.9. The van der Waals surface area contributed by atoms with Crippen LogP contribution in [0.3, 0.4) is 0 Å². The Balaban J connectivity index is 1.85. The van der Waals surface area contributed by atoms with Crippen LogP contribution in [0, 0.1) is 5.82 Å². The van der Waals surface area contributed by atoms with Crippen molar-refractivity contribution in [1.82, 2.24) is 9.71 Å². The van der Waals surface area contributed by atoms with E-state index >= 15 is 0 Å². The van der Waals surface area contributed by atoms with Crippen molar-refractivity contribution in [1.29, 1.82) is 0 Å². The van der Waals surface area contributed by atoms with Crippen molar-refractivity contribution in [2.24, 2.45) is 0 Å². The van der Waals surface area contributed by atoms with Crippen LogP contribution >= 0.6 is 0 Å². The summed E-state index contributed by atoms with van der Waals surface area (Å²) in [6.07, 6.45) is 2.40. The van der Waals surface area contributed by atoms with Crippen LogP contribution in [0.4, 0.5) is 15.9 Å². The lowest BCUT2D eigenvalue weighted by molar-refractivity contribution is -0.117. The second-order valence-corrected chi connectivity index (χ2v) is 7.30. The number of hydrogen-bond donors (Lipinski definition) is 3. The molecule has 0 bridgehead atoms. The average Bonchev–Trinajstić information content (AvgIpc) is 2.85. The van der Waals surface area contributed by atoms with Crippen molar-refractivity contribution in [2.75, 3.05) is 16.2 Å². The molecule has 0 unspecified atom stereocenters. The second kappa shape index (κ2) is 6.79. The standard InChI is InChI=1S/C16H17FN4O4S/c1-2-11-4-3-5-18-16(11)19-8-10-6-12(17)15(13(22)7-10)21-9-14(23)20-26(21,24)25/h3-7,22H,2,8-9H2,1H3,(H,18,19)(H,20,23). The molecule has 2 heterocycles. The summed E-state index contributed by atoms with van der Waals surface area (Å²) in [6.45, 7) is 1.57. The zero-order valence-corrected chi connectivity index (χ0v) is 14.7. The van der Waals surface area contributed by atoms with E-state index in [0.717, 1.165) is 18.1 Å². The minimum absolute atomic E-state index is 0.179. The first-order chi connectivity index (χ1) is 12.3. The van der Waals surface area contributed by atoms with Crippen molar-refractivity contribution in [3.05, 3.63) is 47.4 Å². The number of benzene rings is 1. The second-order valence-electron chi connectivity index (χ2n) is 5.70. The van der Waals surface area contributed by atoms with Crippen molar-refractivity contribution >= 4 is 27.6 Å². The number of rotatable bonds is 5. The molecule has 0 spiro atoms. The summed E-state index contributed by atoms with van der Waals surface area (Å²) in [6, 6.07) is 6.09. The highest BCUT2D eigenvalue weighted by atomic mass is 32.2. The third-order valence-electron chi connectivity index (χ3n) is 3.90. The van der Waals surface area contributed by atoms with Gasteiger partial charge in [0.15, 0.2) is 5.82 Å². The molecular formula is C16H17FN4O4S. The maximum atomic E-state index is 14.5. The number of anilines is 2. The first-order valence-corrected chi connectivity index (χ1v) is 9.28. The van der Waals surface area contributed by atoms with Gasteiger partial charge in [0.2, 0.25) is 0 Å². The van der Waals surface area contributed by atoms with Gasteiger partial charge in [-0.05, 0) is 35.7 Å². The number of pyridine rings is 1. The minimum atomic E-state index is -4.20. The molecule has 1 aliphatic rings. The smallest absolute Gasteiger partial charge is 0.326 e. The molecule has 0 saturated carbocycles. The van der Waals surface area contributed by atoms with Crippen LogP contribution in [-0.2, 0) is 28.0 Å². The monoisotopic (exact) mass is 380 g/mol. The van der Waals surface area contributed by atoms with E-state index < -0.39 is 39.9 Å². The van der Waals surface area contributed by atoms with Crippen molar-refractivity contribution in [3.63, 3.8) is 0 Å². The first-order valence-electron chi connectivity index (χ1n) is 7.84. The quantitative estimate of drug-likeness (QED) is 0.721. The highest BCUT2D eigenvalue weighted by molar-refractivity contribution is 7.92. The SMILES string of the molecule is CCc1cccnc1NCc1cc(O)c(N2CC(=O)NS2(=O)=O)c(F)c1. The Morgan fingerprint density at radius 2 is 2.19 bits per heavy atom. The third kappa shape index (κ3) is 3.40. The number of phenolic OH excluding ortho intramolecular Hbond substituents is 1. The lowest BCUT2D eigenvalue weighted by Gasteiger charge is -2.18. The van der Waals surface area contributed by atoms with Gasteiger partial charge in [-0.25, -0.2) is 18.4 Å². The largest absolute Gasteiger partial charge is 0.506 e.